The van der Waals surface area contributed by atoms with Gasteiger partial charge < -0.3 is 15.8 Å². The van der Waals surface area contributed by atoms with Gasteiger partial charge in [0.1, 0.15) is 17.3 Å². The highest BCUT2D eigenvalue weighted by Gasteiger charge is 2.16. The van der Waals surface area contributed by atoms with E-state index in [2.05, 4.69) is 27.9 Å². The number of nitrogens with one attached hydrogen (secondary N) is 1. The average molecular weight is 380 g/mol. The van der Waals surface area contributed by atoms with E-state index in [0.29, 0.717) is 22.8 Å². The Labute approximate surface area is 166 Å². The van der Waals surface area contributed by atoms with Crippen LogP contribution in [0.15, 0.2) is 65.5 Å². The summed E-state index contributed by atoms with van der Waals surface area (Å²) in [7, 11) is 1.56. The second kappa shape index (κ2) is 9.69. The van der Waals surface area contributed by atoms with Gasteiger partial charge in [0.25, 0.3) is 0 Å². The number of hydrogen-bond acceptors (Lipinski definition) is 6. The lowest BCUT2D eigenvalue weighted by atomic mass is 10.1. The molecule has 0 atom stereocenters. The molecule has 0 amide bonds. The summed E-state index contributed by atoms with van der Waals surface area (Å²) in [4.78, 5) is 21.7. The molecule has 1 aliphatic rings. The van der Waals surface area contributed by atoms with Crippen LogP contribution >= 0.6 is 0 Å². The van der Waals surface area contributed by atoms with Gasteiger partial charge in [-0.05, 0) is 62.8 Å². The van der Waals surface area contributed by atoms with E-state index < -0.39 is 0 Å². The van der Waals surface area contributed by atoms with Crippen molar-refractivity contribution >= 4 is 17.2 Å². The number of methoxy groups -OCH3 is 1. The molecule has 1 heterocycles. The molecule has 28 heavy (non-hydrogen) atoms. The van der Waals surface area contributed by atoms with Crippen LogP contribution in [-0.2, 0) is 9.53 Å². The maximum absolute atomic E-state index is 12.9. The van der Waals surface area contributed by atoms with E-state index in [1.165, 1.54) is 5.57 Å². The van der Waals surface area contributed by atoms with Crippen LogP contribution in [0.5, 0.6) is 0 Å². The maximum Gasteiger partial charge on any atom is 0.206 e. The second-order valence-corrected chi connectivity index (χ2v) is 6.79. The Balaban J connectivity index is 2.24. The van der Waals surface area contributed by atoms with E-state index in [1.807, 2.05) is 6.92 Å². The Morgan fingerprint density at radius 3 is 2.61 bits per heavy atom. The van der Waals surface area contributed by atoms with Crippen LogP contribution in [0.4, 0.5) is 5.82 Å². The van der Waals surface area contributed by atoms with E-state index in [-0.39, 0.29) is 11.5 Å². The highest BCUT2D eigenvalue weighted by molar-refractivity contribution is 6.10. The number of Topliss-reactive ketones (excluding diaryl/α,β-unsaturated/α-hetero) is 1. The van der Waals surface area contributed by atoms with Gasteiger partial charge >= 0.3 is 0 Å². The maximum atomic E-state index is 12.9. The predicted octanol–water partition coefficient (Wildman–Crippen LogP) is 4.27. The molecule has 0 spiro atoms. The molecule has 0 aromatic carbocycles. The van der Waals surface area contributed by atoms with Gasteiger partial charge in [-0.25, -0.2) is 4.98 Å². The van der Waals surface area contributed by atoms with Crippen molar-refractivity contribution in [3.05, 3.63) is 71.2 Å². The molecular weight excluding hydrogens is 352 g/mol. The van der Waals surface area contributed by atoms with Gasteiger partial charge in [0.15, 0.2) is 0 Å². The SMILES string of the molecule is C=C(C)/C(=C\C=C(/C)C(=O)/C(Nc1cncc(C2=CCCC2)n1)=C(/C)N)OC. The number of rotatable bonds is 8. The predicted molar refractivity (Wildman–Crippen MR) is 113 cm³/mol. The Kier molecular flexibility index (Phi) is 7.32. The third-order valence-corrected chi connectivity index (χ3v) is 4.36. The van der Waals surface area contributed by atoms with Gasteiger partial charge in [-0.2, -0.15) is 0 Å². The molecule has 0 unspecified atom stereocenters. The minimum atomic E-state index is -0.222. The van der Waals surface area contributed by atoms with Crippen LogP contribution in [0.1, 0.15) is 45.7 Å². The Morgan fingerprint density at radius 1 is 1.29 bits per heavy atom. The first-order valence-electron chi connectivity index (χ1n) is 9.21. The molecule has 0 saturated carbocycles. The fourth-order valence-corrected chi connectivity index (χ4v) is 2.80. The number of aromatic nitrogens is 2. The largest absolute Gasteiger partial charge is 0.497 e. The molecule has 0 radical (unpaired) electrons. The molecule has 2 rings (SSSR count). The Morgan fingerprint density at radius 2 is 2.04 bits per heavy atom. The van der Waals surface area contributed by atoms with Crippen LogP contribution in [0.3, 0.4) is 0 Å². The van der Waals surface area contributed by atoms with Crippen molar-refractivity contribution in [1.29, 1.82) is 0 Å². The van der Waals surface area contributed by atoms with Crippen molar-refractivity contribution in [1.82, 2.24) is 9.97 Å². The van der Waals surface area contributed by atoms with Crippen molar-refractivity contribution < 1.29 is 9.53 Å². The van der Waals surface area contributed by atoms with Crippen molar-refractivity contribution in [2.45, 2.75) is 40.0 Å². The zero-order valence-electron chi connectivity index (χ0n) is 17.0. The lowest BCUT2D eigenvalue weighted by molar-refractivity contribution is -0.112. The first-order valence-corrected chi connectivity index (χ1v) is 9.21. The summed E-state index contributed by atoms with van der Waals surface area (Å²) in [5, 5.41) is 3.04. The van der Waals surface area contributed by atoms with Crippen LogP contribution < -0.4 is 11.1 Å². The number of hydrogen-bond donors (Lipinski definition) is 2. The molecule has 6 nitrogen and oxygen atoms in total. The smallest absolute Gasteiger partial charge is 0.206 e. The van der Waals surface area contributed by atoms with E-state index in [9.17, 15) is 4.79 Å². The zero-order chi connectivity index (χ0) is 20.7. The number of anilines is 1. The van der Waals surface area contributed by atoms with Gasteiger partial charge in [-0.1, -0.05) is 18.7 Å². The summed E-state index contributed by atoms with van der Waals surface area (Å²) in [6.07, 6.45) is 12.1. The summed E-state index contributed by atoms with van der Waals surface area (Å²) in [5.74, 6) is 0.875. The normalized spacial score (nSPS) is 15.6. The molecule has 0 saturated heterocycles. The fourth-order valence-electron chi connectivity index (χ4n) is 2.80. The average Bonchev–Trinajstić information content (AvgIpc) is 3.20. The van der Waals surface area contributed by atoms with Crippen molar-refractivity contribution in [3.63, 3.8) is 0 Å². The van der Waals surface area contributed by atoms with Crippen molar-refractivity contribution in [3.8, 4) is 0 Å². The van der Waals surface area contributed by atoms with Crippen LogP contribution in [0, 0.1) is 0 Å². The molecule has 1 aromatic heterocycles. The fraction of sp³-hybridized carbons (Fsp3) is 0.318. The minimum Gasteiger partial charge on any atom is -0.497 e. The van der Waals surface area contributed by atoms with E-state index in [1.54, 1.807) is 45.5 Å². The number of ketones is 1. The second-order valence-electron chi connectivity index (χ2n) is 6.79. The summed E-state index contributed by atoms with van der Waals surface area (Å²) in [5.41, 5.74) is 9.92. The lowest BCUT2D eigenvalue weighted by Gasteiger charge is -2.12. The van der Waals surface area contributed by atoms with E-state index in [4.69, 9.17) is 10.5 Å². The van der Waals surface area contributed by atoms with Gasteiger partial charge in [0.2, 0.25) is 5.78 Å². The van der Waals surface area contributed by atoms with Crippen molar-refractivity contribution in [2.24, 2.45) is 5.73 Å². The molecule has 0 aliphatic heterocycles. The number of nitrogens with two attached hydrogens (primary N) is 1. The lowest BCUT2D eigenvalue weighted by Crippen LogP contribution is -2.18. The standard InChI is InChI=1S/C22H28N4O2/c1-14(2)19(28-5)11-10-15(3)22(27)21(16(4)23)26-20-13-24-12-18(25-20)17-8-6-7-9-17/h8,10-13H,1,6-7,9,23H2,2-5H3,(H,25,26)/b15-10+,19-11+,21-16+. The van der Waals surface area contributed by atoms with Crippen LogP contribution in [0.25, 0.3) is 5.57 Å². The van der Waals surface area contributed by atoms with Gasteiger partial charge in [0.05, 0.1) is 25.2 Å². The number of ether oxygens (including phenoxy) is 1. The van der Waals surface area contributed by atoms with Crippen LogP contribution in [0.2, 0.25) is 0 Å². The summed E-state index contributed by atoms with van der Waals surface area (Å²) >= 11 is 0. The highest BCUT2D eigenvalue weighted by atomic mass is 16.5. The third kappa shape index (κ3) is 5.42. The number of carbonyl (C=O) groups is 1. The minimum absolute atomic E-state index is 0.222. The molecule has 148 valence electrons. The monoisotopic (exact) mass is 380 g/mol. The molecule has 1 aromatic rings. The Bertz CT molecular complexity index is 888. The van der Waals surface area contributed by atoms with Gasteiger partial charge in [-0.15, -0.1) is 0 Å². The molecule has 0 fully saturated rings. The summed E-state index contributed by atoms with van der Waals surface area (Å²) in [6.45, 7) is 9.07. The number of carbonyl (C=O) groups excluding carboxylic acids is 1. The van der Waals surface area contributed by atoms with E-state index >= 15 is 0 Å². The third-order valence-electron chi connectivity index (χ3n) is 4.36. The topological polar surface area (TPSA) is 90.1 Å². The van der Waals surface area contributed by atoms with E-state index in [0.717, 1.165) is 30.5 Å². The molecule has 6 heteroatoms. The quantitative estimate of drug-likeness (QED) is 0.398. The molecule has 3 N–H and O–H groups in total. The summed E-state index contributed by atoms with van der Waals surface area (Å²) < 4.78 is 5.24. The molecular formula is C22H28N4O2. The first kappa shape index (κ1) is 21.2. The molecule has 1 aliphatic carbocycles. The number of nitrogens with zero attached hydrogens (tertiary/aromatic N) is 2. The molecule has 0 bridgehead atoms. The Hall–Kier alpha value is -3.15. The van der Waals surface area contributed by atoms with Gasteiger partial charge in [0, 0.05) is 5.70 Å². The summed E-state index contributed by atoms with van der Waals surface area (Å²) in [6, 6.07) is 0. The highest BCUT2D eigenvalue weighted by Crippen LogP contribution is 2.26. The zero-order valence-corrected chi connectivity index (χ0v) is 17.0. The van der Waals surface area contributed by atoms with Gasteiger partial charge in [-0.3, -0.25) is 9.78 Å². The first-order chi connectivity index (χ1) is 13.3. The number of allylic oxidation sites excluding steroid dienone is 7. The van der Waals surface area contributed by atoms with Crippen LogP contribution in [-0.4, -0.2) is 22.9 Å². The van der Waals surface area contributed by atoms with Crippen molar-refractivity contribution in [2.75, 3.05) is 12.4 Å².